The zero-order valence-corrected chi connectivity index (χ0v) is 14.6. The summed E-state index contributed by atoms with van der Waals surface area (Å²) in [4.78, 5) is 10.6. The minimum absolute atomic E-state index is 0.180. The van der Waals surface area contributed by atoms with Crippen LogP contribution in [0.3, 0.4) is 0 Å². The highest BCUT2D eigenvalue weighted by Gasteiger charge is 2.31. The second-order valence-electron chi connectivity index (χ2n) is 6.08. The molecule has 0 amide bonds. The molecule has 2 atom stereocenters. The fraction of sp³-hybridized carbons (Fsp3) is 0.211. The van der Waals surface area contributed by atoms with Gasteiger partial charge in [-0.1, -0.05) is 35.9 Å². The average Bonchev–Trinajstić information content (AvgIpc) is 2.98. The molecule has 2 aromatic rings. The first-order valence-corrected chi connectivity index (χ1v) is 9.03. The molecule has 6 heteroatoms. The van der Waals surface area contributed by atoms with Crippen molar-refractivity contribution < 1.29 is 18.7 Å². The van der Waals surface area contributed by atoms with Gasteiger partial charge in [-0.2, -0.15) is 0 Å². The first-order valence-electron chi connectivity index (χ1n) is 7.96. The van der Waals surface area contributed by atoms with Gasteiger partial charge in [0.2, 0.25) is 0 Å². The Labute approximate surface area is 149 Å². The summed E-state index contributed by atoms with van der Waals surface area (Å²) < 4.78 is 23.4. The SMILES string of the molecule is Cc1ccc(N(C2CCc3cc(/C=C/C(=O)O)ccc32)S(=O)O)cc1. The summed E-state index contributed by atoms with van der Waals surface area (Å²) in [7, 11) is 0. The molecular formula is C19H19NO4S. The van der Waals surface area contributed by atoms with Gasteiger partial charge in [0.1, 0.15) is 0 Å². The third-order valence-electron chi connectivity index (χ3n) is 4.37. The van der Waals surface area contributed by atoms with Crippen LogP contribution in [0.15, 0.2) is 48.5 Å². The van der Waals surface area contributed by atoms with E-state index >= 15 is 0 Å². The Morgan fingerprint density at radius 1 is 1.24 bits per heavy atom. The molecule has 0 spiro atoms. The van der Waals surface area contributed by atoms with Crippen molar-refractivity contribution in [3.05, 3.63) is 70.8 Å². The van der Waals surface area contributed by atoms with Gasteiger partial charge < -0.3 is 5.11 Å². The van der Waals surface area contributed by atoms with Crippen molar-refractivity contribution in [3.63, 3.8) is 0 Å². The number of carboxylic acids is 1. The highest BCUT2D eigenvalue weighted by Crippen LogP contribution is 2.39. The van der Waals surface area contributed by atoms with Crippen molar-refractivity contribution >= 4 is 29.0 Å². The van der Waals surface area contributed by atoms with Crippen LogP contribution < -0.4 is 4.31 Å². The summed E-state index contributed by atoms with van der Waals surface area (Å²) in [5.74, 6) is -0.986. The fourth-order valence-electron chi connectivity index (χ4n) is 3.20. The molecule has 25 heavy (non-hydrogen) atoms. The van der Waals surface area contributed by atoms with E-state index in [-0.39, 0.29) is 6.04 Å². The quantitative estimate of drug-likeness (QED) is 0.631. The monoisotopic (exact) mass is 357 g/mol. The van der Waals surface area contributed by atoms with Crippen molar-refractivity contribution in [1.29, 1.82) is 0 Å². The number of aryl methyl sites for hydroxylation is 2. The van der Waals surface area contributed by atoms with Crippen molar-refractivity contribution in [2.24, 2.45) is 0 Å². The normalized spacial score (nSPS) is 17.4. The van der Waals surface area contributed by atoms with Crippen LogP contribution in [0.2, 0.25) is 0 Å². The number of anilines is 1. The van der Waals surface area contributed by atoms with E-state index < -0.39 is 17.2 Å². The third kappa shape index (κ3) is 3.81. The first-order chi connectivity index (χ1) is 12.0. The number of hydrogen-bond acceptors (Lipinski definition) is 2. The van der Waals surface area contributed by atoms with Crippen LogP contribution in [0.1, 0.15) is 34.7 Å². The predicted octanol–water partition coefficient (Wildman–Crippen LogP) is 3.72. The summed E-state index contributed by atoms with van der Waals surface area (Å²) in [5, 5.41) is 8.73. The Morgan fingerprint density at radius 3 is 2.60 bits per heavy atom. The molecule has 2 N–H and O–H groups in total. The maximum Gasteiger partial charge on any atom is 0.328 e. The van der Waals surface area contributed by atoms with Gasteiger partial charge in [-0.15, -0.1) is 0 Å². The van der Waals surface area contributed by atoms with E-state index in [1.807, 2.05) is 49.4 Å². The Kier molecular flexibility index (Phi) is 5.01. The minimum atomic E-state index is -2.13. The number of rotatable bonds is 5. The molecule has 1 aliphatic rings. The molecule has 0 saturated carbocycles. The highest BCUT2D eigenvalue weighted by molar-refractivity contribution is 7.80. The second kappa shape index (κ2) is 7.21. The highest BCUT2D eigenvalue weighted by atomic mass is 32.2. The maximum absolute atomic E-state index is 12.0. The van der Waals surface area contributed by atoms with E-state index in [4.69, 9.17) is 5.11 Å². The van der Waals surface area contributed by atoms with Crippen LogP contribution in [-0.4, -0.2) is 19.8 Å². The number of hydrogen-bond donors (Lipinski definition) is 2. The molecule has 2 aromatic carbocycles. The fourth-order valence-corrected chi connectivity index (χ4v) is 3.94. The van der Waals surface area contributed by atoms with Gasteiger partial charge >= 0.3 is 5.97 Å². The number of nitrogens with zero attached hydrogens (tertiary/aromatic N) is 1. The Bertz CT molecular complexity index is 845. The van der Waals surface area contributed by atoms with Crippen molar-refractivity contribution in [2.75, 3.05) is 4.31 Å². The van der Waals surface area contributed by atoms with Crippen LogP contribution in [0.4, 0.5) is 5.69 Å². The minimum Gasteiger partial charge on any atom is -0.478 e. The molecule has 3 rings (SSSR count). The van der Waals surface area contributed by atoms with E-state index in [1.165, 1.54) is 4.31 Å². The number of carboxylic acid groups (broad SMARTS) is 1. The van der Waals surface area contributed by atoms with Crippen LogP contribution in [0.25, 0.3) is 6.08 Å². The topological polar surface area (TPSA) is 77.8 Å². The van der Waals surface area contributed by atoms with Gasteiger partial charge in [-0.25, -0.2) is 9.00 Å². The molecule has 0 radical (unpaired) electrons. The lowest BCUT2D eigenvalue weighted by molar-refractivity contribution is -0.131. The molecule has 0 heterocycles. The van der Waals surface area contributed by atoms with Crippen LogP contribution in [-0.2, 0) is 22.5 Å². The summed E-state index contributed by atoms with van der Waals surface area (Å²) in [6.07, 6.45) is 4.18. The van der Waals surface area contributed by atoms with Gasteiger partial charge in [-0.05, 0) is 54.7 Å². The molecule has 0 aliphatic heterocycles. The van der Waals surface area contributed by atoms with Gasteiger partial charge in [0.25, 0.3) is 11.3 Å². The van der Waals surface area contributed by atoms with Crippen molar-refractivity contribution in [1.82, 2.24) is 0 Å². The molecule has 0 fully saturated rings. The van der Waals surface area contributed by atoms with Crippen molar-refractivity contribution in [3.8, 4) is 0 Å². The van der Waals surface area contributed by atoms with E-state index in [0.29, 0.717) is 5.69 Å². The number of carbonyl (C=O) groups is 1. The summed E-state index contributed by atoms with van der Waals surface area (Å²) in [6, 6.07) is 13.1. The van der Waals surface area contributed by atoms with Gasteiger partial charge in [0.05, 0.1) is 11.7 Å². The molecule has 5 nitrogen and oxygen atoms in total. The number of benzene rings is 2. The van der Waals surface area contributed by atoms with Crippen LogP contribution in [0, 0.1) is 6.92 Å². The Balaban J connectivity index is 1.93. The lowest BCUT2D eigenvalue weighted by Gasteiger charge is -2.27. The Morgan fingerprint density at radius 2 is 1.96 bits per heavy atom. The zero-order valence-electron chi connectivity index (χ0n) is 13.8. The van der Waals surface area contributed by atoms with Crippen LogP contribution in [0.5, 0.6) is 0 Å². The van der Waals surface area contributed by atoms with Crippen LogP contribution >= 0.6 is 0 Å². The van der Waals surface area contributed by atoms with Crippen molar-refractivity contribution in [2.45, 2.75) is 25.8 Å². The van der Waals surface area contributed by atoms with Gasteiger partial charge in [-0.3, -0.25) is 8.86 Å². The largest absolute Gasteiger partial charge is 0.478 e. The molecule has 130 valence electrons. The van der Waals surface area contributed by atoms with E-state index in [9.17, 15) is 13.6 Å². The number of fused-ring (bicyclic) bond motifs is 1. The van der Waals surface area contributed by atoms with E-state index in [0.717, 1.165) is 41.2 Å². The maximum atomic E-state index is 12.0. The lowest BCUT2D eigenvalue weighted by atomic mass is 10.0. The summed E-state index contributed by atoms with van der Waals surface area (Å²) >= 11 is -2.13. The third-order valence-corrected chi connectivity index (χ3v) is 5.17. The first kappa shape index (κ1) is 17.4. The smallest absolute Gasteiger partial charge is 0.328 e. The standard InChI is InChI=1S/C19H19NO4S/c1-13-2-7-16(8-3-13)20(25(23)24)18-10-6-15-12-14(4-9-17(15)18)5-11-19(21)22/h2-5,7-9,11-12,18H,6,10H2,1H3,(H,21,22)(H,23,24)/b11-5+. The van der Waals surface area contributed by atoms with Gasteiger partial charge in [0, 0.05) is 6.08 Å². The summed E-state index contributed by atoms with van der Waals surface area (Å²) in [5.41, 5.74) is 4.71. The molecule has 1 aliphatic carbocycles. The molecule has 0 bridgehead atoms. The average molecular weight is 357 g/mol. The molecular weight excluding hydrogens is 338 g/mol. The summed E-state index contributed by atoms with van der Waals surface area (Å²) in [6.45, 7) is 1.97. The predicted molar refractivity (Wildman–Crippen MR) is 98.6 cm³/mol. The molecule has 0 aromatic heterocycles. The Hall–Kier alpha value is -2.44. The number of aliphatic carboxylic acids is 1. The second-order valence-corrected chi connectivity index (χ2v) is 6.93. The lowest BCUT2D eigenvalue weighted by Crippen LogP contribution is -2.29. The van der Waals surface area contributed by atoms with Gasteiger partial charge in [0.15, 0.2) is 0 Å². The zero-order chi connectivity index (χ0) is 18.0. The molecule has 2 unspecified atom stereocenters. The molecule has 0 saturated heterocycles. The van der Waals surface area contributed by atoms with E-state index in [1.54, 1.807) is 6.08 Å². The van der Waals surface area contributed by atoms with E-state index in [2.05, 4.69) is 0 Å².